The first-order chi connectivity index (χ1) is 17.4. The minimum absolute atomic E-state index is 0.0657. The fourth-order valence-electron chi connectivity index (χ4n) is 4.85. The molecule has 10 nitrogen and oxygen atoms in total. The maximum absolute atomic E-state index is 12.7. The van der Waals surface area contributed by atoms with Gasteiger partial charge in [0.1, 0.15) is 5.82 Å². The van der Waals surface area contributed by atoms with Crippen molar-refractivity contribution in [3.8, 4) is 0 Å². The minimum Gasteiger partial charge on any atom is -0.351 e. The van der Waals surface area contributed by atoms with Gasteiger partial charge in [-0.25, -0.2) is 4.98 Å². The summed E-state index contributed by atoms with van der Waals surface area (Å²) < 4.78 is 1.68. The number of anilines is 2. The normalized spacial score (nSPS) is 22.5. The molecule has 0 bridgehead atoms. The maximum atomic E-state index is 12.7. The van der Waals surface area contributed by atoms with E-state index >= 15 is 0 Å². The van der Waals surface area contributed by atoms with Gasteiger partial charge in [0.2, 0.25) is 17.8 Å². The molecule has 3 fully saturated rings. The summed E-state index contributed by atoms with van der Waals surface area (Å²) in [5, 5.41) is 13.3. The Hall–Kier alpha value is -4.08. The van der Waals surface area contributed by atoms with Crippen LogP contribution in [0.2, 0.25) is 0 Å². The highest BCUT2D eigenvalue weighted by atomic mass is 16.2. The number of nitrogens with one attached hydrogen (secondary N) is 3. The van der Waals surface area contributed by atoms with Crippen molar-refractivity contribution in [1.29, 1.82) is 0 Å². The second-order valence-corrected chi connectivity index (χ2v) is 9.91. The lowest BCUT2D eigenvalue weighted by molar-refractivity contribution is -0.133. The number of carbonyl (C=O) groups excluding carboxylic acids is 3. The van der Waals surface area contributed by atoms with Crippen molar-refractivity contribution in [3.05, 3.63) is 53.0 Å². The van der Waals surface area contributed by atoms with Gasteiger partial charge >= 0.3 is 0 Å². The molecule has 2 atom stereocenters. The Kier molecular flexibility index (Phi) is 5.50. The lowest BCUT2D eigenvalue weighted by Gasteiger charge is -2.32. The smallest absolute Gasteiger partial charge is 0.253 e. The molecule has 2 aliphatic carbocycles. The van der Waals surface area contributed by atoms with Crippen LogP contribution in [0.1, 0.15) is 56.0 Å². The van der Waals surface area contributed by atoms with Crippen LogP contribution in [-0.4, -0.2) is 43.3 Å². The van der Waals surface area contributed by atoms with Crippen molar-refractivity contribution in [2.24, 2.45) is 11.8 Å². The summed E-state index contributed by atoms with van der Waals surface area (Å²) in [6.45, 7) is 1.48. The number of imide groups is 1. The molecule has 184 valence electrons. The van der Waals surface area contributed by atoms with Crippen LogP contribution in [0.4, 0.5) is 11.6 Å². The second kappa shape index (κ2) is 8.85. The Labute approximate surface area is 207 Å². The highest BCUT2D eigenvalue weighted by Gasteiger charge is 2.41. The monoisotopic (exact) mass is 485 g/mol. The first-order valence-electron chi connectivity index (χ1n) is 12.4. The number of hydrogen-bond acceptors (Lipinski definition) is 7. The molecule has 0 spiro atoms. The molecule has 3 aromatic rings. The predicted octanol–water partition coefficient (Wildman–Crippen LogP) is 2.70. The molecular formula is C26H27N7O3. The van der Waals surface area contributed by atoms with Gasteiger partial charge < -0.3 is 10.6 Å². The first-order valence-corrected chi connectivity index (χ1v) is 12.4. The molecule has 2 aromatic heterocycles. The first kappa shape index (κ1) is 22.4. The van der Waals surface area contributed by atoms with Gasteiger partial charge in [-0.1, -0.05) is 12.1 Å². The highest BCUT2D eigenvalue weighted by molar-refractivity contribution is 6.08. The number of nitrogens with zero attached hydrogens (tertiary/aromatic N) is 4. The Balaban J connectivity index is 1.34. The maximum Gasteiger partial charge on any atom is 0.253 e. The molecule has 1 aliphatic heterocycles. The lowest BCUT2D eigenvalue weighted by Crippen LogP contribution is -2.39. The number of fused-ring (bicyclic) bond motifs is 2. The summed E-state index contributed by atoms with van der Waals surface area (Å²) in [7, 11) is 0. The van der Waals surface area contributed by atoms with Gasteiger partial charge in [-0.2, -0.15) is 14.6 Å². The van der Waals surface area contributed by atoms with Crippen LogP contribution in [0.5, 0.6) is 0 Å². The van der Waals surface area contributed by atoms with Crippen LogP contribution in [0.3, 0.4) is 0 Å². The third-order valence-corrected chi connectivity index (χ3v) is 7.08. The summed E-state index contributed by atoms with van der Waals surface area (Å²) in [6, 6.07) is 7.95. The molecule has 3 amide bonds. The summed E-state index contributed by atoms with van der Waals surface area (Å²) in [5.74, 6) is 0.776. The fraction of sp³-hybridized carbons (Fsp3) is 0.385. The van der Waals surface area contributed by atoms with E-state index in [0.717, 1.165) is 36.9 Å². The Morgan fingerprint density at radius 3 is 2.64 bits per heavy atom. The van der Waals surface area contributed by atoms with Gasteiger partial charge in [0.15, 0.2) is 5.65 Å². The molecule has 36 heavy (non-hydrogen) atoms. The largest absolute Gasteiger partial charge is 0.351 e. The molecule has 0 radical (unpaired) electrons. The Morgan fingerprint density at radius 1 is 1.14 bits per heavy atom. The van der Waals surface area contributed by atoms with Gasteiger partial charge in [0, 0.05) is 42.1 Å². The topological polar surface area (TPSA) is 130 Å². The number of amides is 3. The van der Waals surface area contributed by atoms with Gasteiger partial charge in [-0.15, -0.1) is 0 Å². The zero-order valence-electron chi connectivity index (χ0n) is 20.0. The fourth-order valence-corrected chi connectivity index (χ4v) is 4.85. The average molecular weight is 486 g/mol. The quantitative estimate of drug-likeness (QED) is 0.361. The SMILES string of the molecule is CC(=O)Nc1ccc(Cc2nc(NC3CC3)n3ncc(/C=C4\CC5CCC5C(=O)NC4=O)c3n2)cc1. The lowest BCUT2D eigenvalue weighted by atomic mass is 9.71. The summed E-state index contributed by atoms with van der Waals surface area (Å²) in [5.41, 5.74) is 3.64. The zero-order valence-corrected chi connectivity index (χ0v) is 20.0. The predicted molar refractivity (Wildman–Crippen MR) is 133 cm³/mol. The van der Waals surface area contributed by atoms with E-state index in [0.29, 0.717) is 47.4 Å². The Bertz CT molecular complexity index is 1400. The average Bonchev–Trinajstić information content (AvgIpc) is 3.55. The number of carbonyl (C=O) groups is 3. The van der Waals surface area contributed by atoms with Gasteiger partial charge in [0.05, 0.1) is 6.20 Å². The van der Waals surface area contributed by atoms with E-state index in [-0.39, 0.29) is 29.6 Å². The number of hydrogen-bond donors (Lipinski definition) is 3. The highest BCUT2D eigenvalue weighted by Crippen LogP contribution is 2.41. The number of aromatic nitrogens is 4. The molecule has 3 aliphatic rings. The molecule has 2 saturated carbocycles. The van der Waals surface area contributed by atoms with Crippen molar-refractivity contribution in [3.63, 3.8) is 0 Å². The number of rotatable bonds is 6. The van der Waals surface area contributed by atoms with Crippen LogP contribution >= 0.6 is 0 Å². The van der Waals surface area contributed by atoms with E-state index in [1.807, 2.05) is 30.3 Å². The van der Waals surface area contributed by atoms with Crippen LogP contribution in [0.25, 0.3) is 11.7 Å². The summed E-state index contributed by atoms with van der Waals surface area (Å²) in [6.07, 6.45) is 8.54. The van der Waals surface area contributed by atoms with Crippen molar-refractivity contribution in [2.75, 3.05) is 10.6 Å². The van der Waals surface area contributed by atoms with Crippen LogP contribution < -0.4 is 16.0 Å². The van der Waals surface area contributed by atoms with Crippen LogP contribution in [-0.2, 0) is 20.8 Å². The molecule has 3 N–H and O–H groups in total. The van der Waals surface area contributed by atoms with Crippen molar-refractivity contribution in [1.82, 2.24) is 24.9 Å². The summed E-state index contributed by atoms with van der Waals surface area (Å²) in [4.78, 5) is 45.8. The van der Waals surface area contributed by atoms with E-state index in [4.69, 9.17) is 9.97 Å². The molecule has 2 unspecified atom stereocenters. The number of benzene rings is 1. The van der Waals surface area contributed by atoms with Crippen molar-refractivity contribution >= 4 is 41.1 Å². The second-order valence-electron chi connectivity index (χ2n) is 9.91. The van der Waals surface area contributed by atoms with E-state index < -0.39 is 0 Å². The summed E-state index contributed by atoms with van der Waals surface area (Å²) >= 11 is 0. The zero-order chi connectivity index (χ0) is 24.8. The molecule has 3 heterocycles. The van der Waals surface area contributed by atoms with Gasteiger partial charge in [-0.05, 0) is 61.8 Å². The van der Waals surface area contributed by atoms with Crippen molar-refractivity contribution < 1.29 is 14.4 Å². The third-order valence-electron chi connectivity index (χ3n) is 7.08. The van der Waals surface area contributed by atoms with Crippen LogP contribution in [0, 0.1) is 11.8 Å². The van der Waals surface area contributed by atoms with E-state index in [2.05, 4.69) is 21.0 Å². The molecular weight excluding hydrogens is 458 g/mol. The van der Waals surface area contributed by atoms with Crippen LogP contribution in [0.15, 0.2) is 36.0 Å². The van der Waals surface area contributed by atoms with E-state index in [1.165, 1.54) is 6.92 Å². The van der Waals surface area contributed by atoms with Crippen molar-refractivity contribution in [2.45, 2.75) is 51.5 Å². The standard InChI is InChI=1S/C26H27N7O3/c1-14(34)28-19-5-2-15(3-6-19)10-22-30-23-18(13-27-33(23)26(31-22)29-20-7-8-20)12-17-11-16-4-9-21(16)25(36)32-24(17)35/h2-3,5-6,12-13,16,20-21H,4,7-11H2,1H3,(H,28,34)(H,29,30,31)(H,32,35,36)/b17-12+. The van der Waals surface area contributed by atoms with E-state index in [1.54, 1.807) is 10.7 Å². The molecule has 1 aromatic carbocycles. The van der Waals surface area contributed by atoms with E-state index in [9.17, 15) is 14.4 Å². The Morgan fingerprint density at radius 2 is 1.94 bits per heavy atom. The minimum atomic E-state index is -0.335. The molecule has 10 heteroatoms. The molecule has 1 saturated heterocycles. The third kappa shape index (κ3) is 4.46. The molecule has 6 rings (SSSR count). The van der Waals surface area contributed by atoms with Gasteiger partial charge in [-0.3, -0.25) is 19.7 Å². The van der Waals surface area contributed by atoms with Gasteiger partial charge in [0.25, 0.3) is 5.91 Å².